The number of hydrogen-bond acceptors (Lipinski definition) is 2. The van der Waals surface area contributed by atoms with Crippen molar-refractivity contribution >= 4 is 0 Å². The van der Waals surface area contributed by atoms with Crippen molar-refractivity contribution in [3.63, 3.8) is 0 Å². The van der Waals surface area contributed by atoms with E-state index in [-0.39, 0.29) is 0 Å². The molecule has 0 bridgehead atoms. The van der Waals surface area contributed by atoms with Crippen LogP contribution in [-0.2, 0) is 13.0 Å². The molecule has 1 aromatic carbocycles. The Bertz CT molecular complexity index is 318. The Morgan fingerprint density at radius 2 is 1.94 bits per heavy atom. The highest BCUT2D eigenvalue weighted by molar-refractivity contribution is 5.22. The highest BCUT2D eigenvalue weighted by atomic mass is 15.2. The molecule has 0 amide bonds. The van der Waals surface area contributed by atoms with Gasteiger partial charge in [0, 0.05) is 19.1 Å². The van der Waals surface area contributed by atoms with Crippen molar-refractivity contribution in [2.75, 3.05) is 20.1 Å². The summed E-state index contributed by atoms with van der Waals surface area (Å²) < 4.78 is 0. The Kier molecular flexibility index (Phi) is 3.97. The smallest absolute Gasteiger partial charge is 0.0210 e. The van der Waals surface area contributed by atoms with Crippen LogP contribution in [-0.4, -0.2) is 31.1 Å². The fraction of sp³-hybridized carbons (Fsp3) is 0.571. The van der Waals surface area contributed by atoms with Crippen LogP contribution in [0.2, 0.25) is 0 Å². The molecule has 1 unspecified atom stereocenters. The lowest BCUT2D eigenvalue weighted by Gasteiger charge is -2.12. The van der Waals surface area contributed by atoms with E-state index in [2.05, 4.69) is 48.5 Å². The molecule has 2 rings (SSSR count). The van der Waals surface area contributed by atoms with Gasteiger partial charge >= 0.3 is 0 Å². The number of likely N-dealkylation sites (N-methyl/N-ethyl adjacent to an activating group) is 1. The van der Waals surface area contributed by atoms with Gasteiger partial charge < -0.3 is 10.2 Å². The van der Waals surface area contributed by atoms with E-state index in [1.807, 2.05) is 0 Å². The van der Waals surface area contributed by atoms with E-state index in [0.29, 0.717) is 6.04 Å². The molecule has 1 aliphatic rings. The van der Waals surface area contributed by atoms with E-state index in [9.17, 15) is 0 Å². The van der Waals surface area contributed by atoms with Crippen molar-refractivity contribution in [2.24, 2.45) is 0 Å². The monoisotopic (exact) mass is 218 g/mol. The van der Waals surface area contributed by atoms with E-state index < -0.39 is 0 Å². The van der Waals surface area contributed by atoms with Gasteiger partial charge in [-0.2, -0.15) is 0 Å². The van der Waals surface area contributed by atoms with Crippen LogP contribution < -0.4 is 5.32 Å². The quantitative estimate of drug-likeness (QED) is 0.832. The first-order valence-electron chi connectivity index (χ1n) is 6.27. The van der Waals surface area contributed by atoms with Crippen molar-refractivity contribution in [1.29, 1.82) is 0 Å². The summed E-state index contributed by atoms with van der Waals surface area (Å²) in [5, 5.41) is 3.62. The highest BCUT2D eigenvalue weighted by Gasteiger charge is 2.18. The summed E-state index contributed by atoms with van der Waals surface area (Å²) in [5.74, 6) is 0. The molecule has 0 saturated carbocycles. The van der Waals surface area contributed by atoms with Gasteiger partial charge in [0.2, 0.25) is 0 Å². The third-order valence-corrected chi connectivity index (χ3v) is 3.42. The minimum Gasteiger partial charge on any atom is -0.309 e. The Balaban J connectivity index is 1.80. The van der Waals surface area contributed by atoms with Crippen LogP contribution in [0.25, 0.3) is 0 Å². The first kappa shape index (κ1) is 11.6. The fourth-order valence-corrected chi connectivity index (χ4v) is 2.26. The average Bonchev–Trinajstić information content (AvgIpc) is 2.73. The van der Waals surface area contributed by atoms with Gasteiger partial charge in [-0.1, -0.05) is 31.2 Å². The predicted molar refractivity (Wildman–Crippen MR) is 68.6 cm³/mol. The molecule has 1 N–H and O–H groups in total. The first-order valence-corrected chi connectivity index (χ1v) is 6.27. The summed E-state index contributed by atoms with van der Waals surface area (Å²) in [4.78, 5) is 2.39. The molecule has 2 nitrogen and oxygen atoms in total. The van der Waals surface area contributed by atoms with Crippen LogP contribution in [0.5, 0.6) is 0 Å². The molecule has 1 atom stereocenters. The Hall–Kier alpha value is -0.860. The number of likely N-dealkylation sites (tertiary alicyclic amines) is 1. The van der Waals surface area contributed by atoms with Gasteiger partial charge in [-0.05, 0) is 37.6 Å². The zero-order valence-corrected chi connectivity index (χ0v) is 10.4. The molecular weight excluding hydrogens is 196 g/mol. The molecule has 0 spiro atoms. The van der Waals surface area contributed by atoms with Gasteiger partial charge in [0.05, 0.1) is 0 Å². The lowest BCUT2D eigenvalue weighted by atomic mass is 10.1. The molecule has 2 heteroatoms. The second-order valence-corrected chi connectivity index (χ2v) is 4.80. The van der Waals surface area contributed by atoms with Gasteiger partial charge in [0.1, 0.15) is 0 Å². The Morgan fingerprint density at radius 1 is 1.25 bits per heavy atom. The van der Waals surface area contributed by atoms with Crippen LogP contribution in [0.1, 0.15) is 24.5 Å². The van der Waals surface area contributed by atoms with Gasteiger partial charge in [0.15, 0.2) is 0 Å². The van der Waals surface area contributed by atoms with Crippen molar-refractivity contribution < 1.29 is 0 Å². The van der Waals surface area contributed by atoms with Crippen molar-refractivity contribution in [3.05, 3.63) is 35.4 Å². The van der Waals surface area contributed by atoms with Gasteiger partial charge in [-0.25, -0.2) is 0 Å². The molecule has 0 aromatic heterocycles. The predicted octanol–water partition coefficient (Wildman–Crippen LogP) is 2.04. The number of nitrogens with one attached hydrogen (secondary N) is 1. The third-order valence-electron chi connectivity index (χ3n) is 3.42. The van der Waals surface area contributed by atoms with Gasteiger partial charge in [-0.15, -0.1) is 0 Å². The number of rotatable bonds is 4. The van der Waals surface area contributed by atoms with Crippen molar-refractivity contribution in [3.8, 4) is 0 Å². The second-order valence-electron chi connectivity index (χ2n) is 4.80. The van der Waals surface area contributed by atoms with E-state index in [0.717, 1.165) is 13.0 Å². The Labute approximate surface area is 98.7 Å². The summed E-state index contributed by atoms with van der Waals surface area (Å²) in [5.41, 5.74) is 2.82. The molecule has 1 fully saturated rings. The number of benzene rings is 1. The largest absolute Gasteiger partial charge is 0.309 e. The van der Waals surface area contributed by atoms with Crippen LogP contribution in [0.4, 0.5) is 0 Å². The maximum absolute atomic E-state index is 3.62. The number of aryl methyl sites for hydroxylation is 1. The van der Waals surface area contributed by atoms with Crippen LogP contribution in [0.3, 0.4) is 0 Å². The molecule has 1 aliphatic heterocycles. The molecular formula is C14H22N2. The number of nitrogens with zero attached hydrogens (tertiary/aromatic N) is 1. The van der Waals surface area contributed by atoms with E-state index in [1.54, 1.807) is 0 Å². The highest BCUT2D eigenvalue weighted by Crippen LogP contribution is 2.09. The zero-order valence-electron chi connectivity index (χ0n) is 10.4. The minimum absolute atomic E-state index is 0.677. The van der Waals surface area contributed by atoms with E-state index in [4.69, 9.17) is 0 Å². The SMILES string of the molecule is CCc1ccc(CNC2CCN(C)C2)cc1. The van der Waals surface area contributed by atoms with Crippen LogP contribution in [0.15, 0.2) is 24.3 Å². The second kappa shape index (κ2) is 5.46. The molecule has 16 heavy (non-hydrogen) atoms. The maximum atomic E-state index is 3.62. The first-order chi connectivity index (χ1) is 7.78. The molecule has 88 valence electrons. The van der Waals surface area contributed by atoms with Crippen LogP contribution >= 0.6 is 0 Å². The van der Waals surface area contributed by atoms with Crippen LogP contribution in [0, 0.1) is 0 Å². The van der Waals surface area contributed by atoms with Gasteiger partial charge in [-0.3, -0.25) is 0 Å². The summed E-state index contributed by atoms with van der Waals surface area (Å²) >= 11 is 0. The summed E-state index contributed by atoms with van der Waals surface area (Å²) in [6.45, 7) is 5.61. The molecule has 1 heterocycles. The molecule has 0 aliphatic carbocycles. The molecule has 1 saturated heterocycles. The summed E-state index contributed by atoms with van der Waals surface area (Å²) in [6, 6.07) is 9.63. The summed E-state index contributed by atoms with van der Waals surface area (Å²) in [7, 11) is 2.19. The third kappa shape index (κ3) is 3.06. The normalized spacial score (nSPS) is 21.5. The van der Waals surface area contributed by atoms with Crippen molar-refractivity contribution in [1.82, 2.24) is 10.2 Å². The standard InChI is InChI=1S/C14H22N2/c1-3-12-4-6-13(7-5-12)10-15-14-8-9-16(2)11-14/h4-7,14-15H,3,8-11H2,1-2H3. The topological polar surface area (TPSA) is 15.3 Å². The van der Waals surface area contributed by atoms with Crippen molar-refractivity contribution in [2.45, 2.75) is 32.4 Å². The minimum atomic E-state index is 0.677. The lowest BCUT2D eigenvalue weighted by Crippen LogP contribution is -2.30. The maximum Gasteiger partial charge on any atom is 0.0210 e. The number of hydrogen-bond donors (Lipinski definition) is 1. The Morgan fingerprint density at radius 3 is 2.50 bits per heavy atom. The average molecular weight is 218 g/mol. The lowest BCUT2D eigenvalue weighted by molar-refractivity contribution is 0.397. The summed E-state index contributed by atoms with van der Waals surface area (Å²) in [6.07, 6.45) is 2.41. The van der Waals surface area contributed by atoms with E-state index >= 15 is 0 Å². The van der Waals surface area contributed by atoms with E-state index in [1.165, 1.54) is 30.6 Å². The molecule has 1 aromatic rings. The fourth-order valence-electron chi connectivity index (χ4n) is 2.26. The van der Waals surface area contributed by atoms with Gasteiger partial charge in [0.25, 0.3) is 0 Å². The zero-order chi connectivity index (χ0) is 11.4. The molecule has 0 radical (unpaired) electrons.